The highest BCUT2D eigenvalue weighted by Crippen LogP contribution is 1.80. The number of ether oxygens (including phenoxy) is 1. The van der Waals surface area contributed by atoms with Gasteiger partial charge in [0.1, 0.15) is 0 Å². The van der Waals surface area contributed by atoms with Gasteiger partial charge in [0.15, 0.2) is 0 Å². The van der Waals surface area contributed by atoms with Crippen molar-refractivity contribution < 1.29 is 14.6 Å². The smallest absolute Gasteiger partial charge is 0.233 e. The molecule has 0 rings (SSSR count). The maximum Gasteiger partial charge on any atom is 0.233 e. The van der Waals surface area contributed by atoms with Crippen molar-refractivity contribution in [2.75, 3.05) is 39.5 Å². The molecule has 0 radical (unpaired) electrons. The standard InChI is InChI=1S/C9H20N2O3/c1-2-10-8-9(13)11-4-3-6-14-7-5-12/h10,12H,2-8H2,1H3,(H,11,13). The van der Waals surface area contributed by atoms with Crippen LogP contribution in [0.25, 0.3) is 0 Å². The summed E-state index contributed by atoms with van der Waals surface area (Å²) in [5, 5.41) is 14.1. The van der Waals surface area contributed by atoms with E-state index in [1.165, 1.54) is 0 Å². The lowest BCUT2D eigenvalue weighted by Crippen LogP contribution is -2.34. The molecule has 0 aromatic heterocycles. The molecule has 0 aliphatic rings. The van der Waals surface area contributed by atoms with Crippen LogP contribution in [0, 0.1) is 0 Å². The Morgan fingerprint density at radius 2 is 2.21 bits per heavy atom. The van der Waals surface area contributed by atoms with Crippen molar-refractivity contribution in [1.29, 1.82) is 0 Å². The number of likely N-dealkylation sites (N-methyl/N-ethyl adjacent to an activating group) is 1. The van der Waals surface area contributed by atoms with Gasteiger partial charge in [0.25, 0.3) is 0 Å². The Labute approximate surface area is 84.8 Å². The van der Waals surface area contributed by atoms with Crippen LogP contribution in [0.15, 0.2) is 0 Å². The zero-order valence-electron chi connectivity index (χ0n) is 8.71. The first-order chi connectivity index (χ1) is 6.81. The van der Waals surface area contributed by atoms with Crippen molar-refractivity contribution in [2.45, 2.75) is 13.3 Å². The van der Waals surface area contributed by atoms with Gasteiger partial charge in [-0.15, -0.1) is 0 Å². The monoisotopic (exact) mass is 204 g/mol. The Morgan fingerprint density at radius 3 is 2.86 bits per heavy atom. The second-order valence-corrected chi connectivity index (χ2v) is 2.82. The zero-order valence-corrected chi connectivity index (χ0v) is 8.71. The topological polar surface area (TPSA) is 70.6 Å². The van der Waals surface area contributed by atoms with Gasteiger partial charge in [-0.05, 0) is 13.0 Å². The Hall–Kier alpha value is -0.650. The summed E-state index contributed by atoms with van der Waals surface area (Å²) in [4.78, 5) is 11.0. The van der Waals surface area contributed by atoms with Gasteiger partial charge in [-0.25, -0.2) is 0 Å². The third-order valence-corrected chi connectivity index (χ3v) is 1.56. The van der Waals surface area contributed by atoms with Gasteiger partial charge < -0.3 is 20.5 Å². The summed E-state index contributed by atoms with van der Waals surface area (Å²) >= 11 is 0. The van der Waals surface area contributed by atoms with E-state index < -0.39 is 0 Å². The van der Waals surface area contributed by atoms with Crippen molar-refractivity contribution in [3.05, 3.63) is 0 Å². The van der Waals surface area contributed by atoms with Crippen LogP contribution in [0.4, 0.5) is 0 Å². The Balaban J connectivity index is 3.07. The van der Waals surface area contributed by atoms with Gasteiger partial charge in [-0.2, -0.15) is 0 Å². The average Bonchev–Trinajstić information content (AvgIpc) is 2.20. The van der Waals surface area contributed by atoms with Crippen LogP contribution in [0.5, 0.6) is 0 Å². The Bertz CT molecular complexity index is 142. The number of carbonyl (C=O) groups is 1. The molecule has 0 atom stereocenters. The lowest BCUT2D eigenvalue weighted by atomic mass is 10.4. The summed E-state index contributed by atoms with van der Waals surface area (Å²) in [7, 11) is 0. The van der Waals surface area contributed by atoms with Crippen molar-refractivity contribution in [3.63, 3.8) is 0 Å². The average molecular weight is 204 g/mol. The van der Waals surface area contributed by atoms with Gasteiger partial charge >= 0.3 is 0 Å². The third-order valence-electron chi connectivity index (χ3n) is 1.56. The maximum absolute atomic E-state index is 11.0. The molecule has 14 heavy (non-hydrogen) atoms. The molecule has 0 aromatic carbocycles. The molecule has 0 bridgehead atoms. The van der Waals surface area contributed by atoms with E-state index in [1.54, 1.807) is 0 Å². The fourth-order valence-corrected chi connectivity index (χ4v) is 0.870. The highest BCUT2D eigenvalue weighted by atomic mass is 16.5. The highest BCUT2D eigenvalue weighted by molar-refractivity contribution is 5.77. The van der Waals surface area contributed by atoms with Crippen molar-refractivity contribution in [3.8, 4) is 0 Å². The van der Waals surface area contributed by atoms with Crippen LogP contribution in [0.1, 0.15) is 13.3 Å². The molecular weight excluding hydrogens is 184 g/mol. The first kappa shape index (κ1) is 13.4. The van der Waals surface area contributed by atoms with Crippen molar-refractivity contribution in [1.82, 2.24) is 10.6 Å². The lowest BCUT2D eigenvalue weighted by molar-refractivity contribution is -0.120. The van der Waals surface area contributed by atoms with Crippen LogP contribution < -0.4 is 10.6 Å². The first-order valence-electron chi connectivity index (χ1n) is 4.97. The minimum absolute atomic E-state index is 0.00834. The number of carbonyl (C=O) groups excluding carboxylic acids is 1. The van der Waals surface area contributed by atoms with Crippen LogP contribution >= 0.6 is 0 Å². The van der Waals surface area contributed by atoms with Gasteiger partial charge in [-0.1, -0.05) is 6.92 Å². The van der Waals surface area contributed by atoms with Crippen LogP contribution in [0.2, 0.25) is 0 Å². The molecule has 0 fully saturated rings. The summed E-state index contributed by atoms with van der Waals surface area (Å²) in [6.45, 7) is 4.73. The number of amides is 1. The minimum Gasteiger partial charge on any atom is -0.394 e. The fraction of sp³-hybridized carbons (Fsp3) is 0.889. The van der Waals surface area contributed by atoms with Crippen molar-refractivity contribution in [2.24, 2.45) is 0 Å². The van der Waals surface area contributed by atoms with Gasteiger partial charge in [0.2, 0.25) is 5.91 Å². The quantitative estimate of drug-likeness (QED) is 0.426. The molecule has 0 aliphatic carbocycles. The van der Waals surface area contributed by atoms with E-state index in [4.69, 9.17) is 9.84 Å². The molecule has 3 N–H and O–H groups in total. The number of nitrogens with one attached hydrogen (secondary N) is 2. The minimum atomic E-state index is 0.00834. The fourth-order valence-electron chi connectivity index (χ4n) is 0.870. The van der Waals surface area contributed by atoms with Crippen LogP contribution in [0.3, 0.4) is 0 Å². The van der Waals surface area contributed by atoms with E-state index >= 15 is 0 Å². The molecule has 1 amide bonds. The summed E-state index contributed by atoms with van der Waals surface area (Å²) in [5.74, 6) is 0.00834. The molecule has 5 heteroatoms. The number of aliphatic hydroxyl groups excluding tert-OH is 1. The Morgan fingerprint density at radius 1 is 1.43 bits per heavy atom. The van der Waals surface area contributed by atoms with Crippen LogP contribution in [-0.4, -0.2) is 50.5 Å². The molecule has 0 unspecified atom stereocenters. The summed E-state index contributed by atoms with van der Waals surface area (Å²) in [6.07, 6.45) is 0.776. The largest absolute Gasteiger partial charge is 0.394 e. The molecule has 5 nitrogen and oxygen atoms in total. The molecule has 0 aliphatic heterocycles. The first-order valence-corrected chi connectivity index (χ1v) is 4.97. The number of hydrogen-bond donors (Lipinski definition) is 3. The molecule has 0 heterocycles. The van der Waals surface area contributed by atoms with Crippen LogP contribution in [-0.2, 0) is 9.53 Å². The van der Waals surface area contributed by atoms with E-state index in [9.17, 15) is 4.79 Å². The maximum atomic E-state index is 11.0. The summed E-state index contributed by atoms with van der Waals surface area (Å²) < 4.78 is 5.03. The molecule has 0 saturated carbocycles. The lowest BCUT2D eigenvalue weighted by Gasteiger charge is -2.05. The van der Waals surface area contributed by atoms with Gasteiger partial charge in [0, 0.05) is 13.2 Å². The predicted octanol–water partition coefficient (Wildman–Crippen LogP) is -0.889. The second kappa shape index (κ2) is 10.4. The molecule has 0 aromatic rings. The summed E-state index contributed by atoms with van der Waals surface area (Å²) in [5.41, 5.74) is 0. The SMILES string of the molecule is CCNCC(=O)NCCCOCCO. The zero-order chi connectivity index (χ0) is 10.6. The van der Waals surface area contributed by atoms with Gasteiger partial charge in [0.05, 0.1) is 19.8 Å². The molecular formula is C9H20N2O3. The second-order valence-electron chi connectivity index (χ2n) is 2.82. The molecule has 0 spiro atoms. The van der Waals surface area contributed by atoms with E-state index in [0.717, 1.165) is 13.0 Å². The molecule has 0 saturated heterocycles. The number of aliphatic hydroxyl groups is 1. The third kappa shape index (κ3) is 9.44. The normalized spacial score (nSPS) is 10.1. The highest BCUT2D eigenvalue weighted by Gasteiger charge is 1.97. The predicted molar refractivity (Wildman–Crippen MR) is 54.1 cm³/mol. The van der Waals surface area contributed by atoms with Crippen molar-refractivity contribution >= 4 is 5.91 Å². The summed E-state index contributed by atoms with van der Waals surface area (Å²) in [6, 6.07) is 0. The number of hydrogen-bond acceptors (Lipinski definition) is 4. The Kier molecular flexibility index (Phi) is 9.95. The van der Waals surface area contributed by atoms with E-state index in [-0.39, 0.29) is 12.5 Å². The number of rotatable bonds is 9. The van der Waals surface area contributed by atoms with E-state index in [0.29, 0.717) is 26.3 Å². The van der Waals surface area contributed by atoms with E-state index in [2.05, 4.69) is 10.6 Å². The van der Waals surface area contributed by atoms with Gasteiger partial charge in [-0.3, -0.25) is 4.79 Å². The molecule has 84 valence electrons. The van der Waals surface area contributed by atoms with E-state index in [1.807, 2.05) is 6.92 Å².